The Hall–Kier alpha value is -3.15. The summed E-state index contributed by atoms with van der Waals surface area (Å²) in [6.45, 7) is 3.70. The van der Waals surface area contributed by atoms with Crippen LogP contribution in [-0.2, 0) is 14.3 Å². The van der Waals surface area contributed by atoms with Crippen molar-refractivity contribution in [2.45, 2.75) is 26.4 Å². The lowest BCUT2D eigenvalue weighted by molar-refractivity contribution is -0.151. The van der Waals surface area contributed by atoms with E-state index in [0.717, 1.165) is 5.56 Å². The summed E-state index contributed by atoms with van der Waals surface area (Å²) < 4.78 is 10.6. The minimum absolute atomic E-state index is 0.0570. The standard InChI is InChI=1S/C22H23NO5/c1-14-7-9-16(10-8-14)21(25)15(2)28-22(26)17-11-20(24)23(13-17)18-5-4-6-19(12-18)27-3/h4-10,12,15,17H,11,13H2,1-3H3. The molecule has 0 spiro atoms. The van der Waals surface area contributed by atoms with Crippen molar-refractivity contribution >= 4 is 23.3 Å². The lowest BCUT2D eigenvalue weighted by Crippen LogP contribution is -2.30. The molecule has 1 aliphatic rings. The first-order valence-electron chi connectivity index (χ1n) is 9.15. The summed E-state index contributed by atoms with van der Waals surface area (Å²) in [6.07, 6.45) is -0.849. The molecule has 3 rings (SSSR count). The topological polar surface area (TPSA) is 72.9 Å². The smallest absolute Gasteiger partial charge is 0.312 e. The predicted molar refractivity (Wildman–Crippen MR) is 105 cm³/mol. The SMILES string of the molecule is COc1cccc(N2CC(C(=O)OC(C)C(=O)c3ccc(C)cc3)CC2=O)c1. The number of methoxy groups -OCH3 is 1. The predicted octanol–water partition coefficient (Wildman–Crippen LogP) is 3.17. The van der Waals surface area contributed by atoms with E-state index in [4.69, 9.17) is 9.47 Å². The molecule has 2 aromatic carbocycles. The van der Waals surface area contributed by atoms with E-state index in [9.17, 15) is 14.4 Å². The third-order valence-corrected chi connectivity index (χ3v) is 4.82. The number of Topliss-reactive ketones (excluding diaryl/α,β-unsaturated/α-hetero) is 1. The first-order valence-corrected chi connectivity index (χ1v) is 9.15. The van der Waals surface area contributed by atoms with Crippen LogP contribution < -0.4 is 9.64 Å². The number of amides is 1. The zero-order valence-corrected chi connectivity index (χ0v) is 16.2. The second kappa shape index (κ2) is 8.25. The van der Waals surface area contributed by atoms with Gasteiger partial charge in [-0.2, -0.15) is 0 Å². The molecule has 2 atom stereocenters. The number of ether oxygens (including phenoxy) is 2. The number of hydrogen-bond acceptors (Lipinski definition) is 5. The Morgan fingerprint density at radius 1 is 1.14 bits per heavy atom. The molecule has 1 aliphatic heterocycles. The van der Waals surface area contributed by atoms with Crippen molar-refractivity contribution in [2.24, 2.45) is 5.92 Å². The summed E-state index contributed by atoms with van der Waals surface area (Å²) in [7, 11) is 1.55. The molecule has 6 nitrogen and oxygen atoms in total. The van der Waals surface area contributed by atoms with Crippen LogP contribution in [0.15, 0.2) is 48.5 Å². The van der Waals surface area contributed by atoms with Gasteiger partial charge in [-0.3, -0.25) is 14.4 Å². The fourth-order valence-electron chi connectivity index (χ4n) is 3.17. The third-order valence-electron chi connectivity index (χ3n) is 4.82. The van der Waals surface area contributed by atoms with Gasteiger partial charge in [0.2, 0.25) is 11.7 Å². The molecule has 1 saturated heterocycles. The molecule has 1 fully saturated rings. The Bertz CT molecular complexity index is 890. The highest BCUT2D eigenvalue weighted by molar-refractivity contribution is 6.02. The zero-order chi connectivity index (χ0) is 20.3. The highest BCUT2D eigenvalue weighted by atomic mass is 16.5. The third kappa shape index (κ3) is 4.22. The van der Waals surface area contributed by atoms with Gasteiger partial charge in [-0.1, -0.05) is 35.9 Å². The molecule has 0 saturated carbocycles. The summed E-state index contributed by atoms with van der Waals surface area (Å²) in [5.41, 5.74) is 2.21. The van der Waals surface area contributed by atoms with Crippen molar-refractivity contribution in [3.63, 3.8) is 0 Å². The number of ketones is 1. The van der Waals surface area contributed by atoms with Gasteiger partial charge in [0.25, 0.3) is 0 Å². The molecule has 6 heteroatoms. The van der Waals surface area contributed by atoms with E-state index < -0.39 is 18.0 Å². The van der Waals surface area contributed by atoms with Crippen molar-refractivity contribution < 1.29 is 23.9 Å². The number of aryl methyl sites for hydroxylation is 1. The molecule has 0 radical (unpaired) electrons. The van der Waals surface area contributed by atoms with Gasteiger partial charge in [-0.25, -0.2) is 0 Å². The lowest BCUT2D eigenvalue weighted by Gasteiger charge is -2.18. The van der Waals surface area contributed by atoms with Crippen LogP contribution >= 0.6 is 0 Å². The van der Waals surface area contributed by atoms with Gasteiger partial charge in [-0.15, -0.1) is 0 Å². The molecule has 2 unspecified atom stereocenters. The van der Waals surface area contributed by atoms with Crippen molar-refractivity contribution in [1.82, 2.24) is 0 Å². The number of nitrogens with zero attached hydrogens (tertiary/aromatic N) is 1. The molecule has 28 heavy (non-hydrogen) atoms. The van der Waals surface area contributed by atoms with Crippen molar-refractivity contribution in [2.75, 3.05) is 18.6 Å². The Labute approximate surface area is 164 Å². The summed E-state index contributed by atoms with van der Waals surface area (Å²) in [6, 6.07) is 14.2. The van der Waals surface area contributed by atoms with Crippen LogP contribution in [0, 0.1) is 12.8 Å². The average Bonchev–Trinajstić information content (AvgIpc) is 3.10. The number of carbonyl (C=O) groups excluding carboxylic acids is 3. The quantitative estimate of drug-likeness (QED) is 0.568. The molecule has 146 valence electrons. The van der Waals surface area contributed by atoms with Gasteiger partial charge in [-0.05, 0) is 26.0 Å². The monoisotopic (exact) mass is 381 g/mol. The van der Waals surface area contributed by atoms with Gasteiger partial charge in [0.15, 0.2) is 6.10 Å². The van der Waals surface area contributed by atoms with Crippen molar-refractivity contribution in [3.05, 3.63) is 59.7 Å². The summed E-state index contributed by atoms with van der Waals surface area (Å²) in [5.74, 6) is -0.928. The highest BCUT2D eigenvalue weighted by Crippen LogP contribution is 2.28. The van der Waals surface area contributed by atoms with E-state index in [1.165, 1.54) is 0 Å². The highest BCUT2D eigenvalue weighted by Gasteiger charge is 2.37. The average molecular weight is 381 g/mol. The first-order chi connectivity index (χ1) is 13.4. The second-order valence-electron chi connectivity index (χ2n) is 6.92. The van der Waals surface area contributed by atoms with Crippen LogP contribution in [0.2, 0.25) is 0 Å². The summed E-state index contributed by atoms with van der Waals surface area (Å²) in [5, 5.41) is 0. The molecule has 0 aliphatic carbocycles. The maximum atomic E-state index is 12.5. The fraction of sp³-hybridized carbons (Fsp3) is 0.318. The minimum atomic E-state index is -0.906. The Kier molecular flexibility index (Phi) is 5.78. The number of rotatable bonds is 6. The van der Waals surface area contributed by atoms with Gasteiger partial charge in [0.1, 0.15) is 5.75 Å². The largest absolute Gasteiger partial charge is 0.497 e. The number of benzene rings is 2. The molecule has 0 aromatic heterocycles. The van der Waals surface area contributed by atoms with Gasteiger partial charge in [0.05, 0.1) is 13.0 Å². The van der Waals surface area contributed by atoms with Crippen molar-refractivity contribution in [1.29, 1.82) is 0 Å². The number of anilines is 1. The molecule has 2 aromatic rings. The van der Waals surface area contributed by atoms with Gasteiger partial charge in [0, 0.05) is 30.3 Å². The van der Waals surface area contributed by atoms with Gasteiger partial charge >= 0.3 is 5.97 Å². The van der Waals surface area contributed by atoms with E-state index in [2.05, 4.69) is 0 Å². The molecular weight excluding hydrogens is 358 g/mol. The Morgan fingerprint density at radius 2 is 1.86 bits per heavy atom. The maximum absolute atomic E-state index is 12.5. The van der Waals surface area contributed by atoms with Crippen LogP contribution in [0.25, 0.3) is 0 Å². The molecular formula is C22H23NO5. The summed E-state index contributed by atoms with van der Waals surface area (Å²) in [4.78, 5) is 38.9. The Morgan fingerprint density at radius 3 is 2.54 bits per heavy atom. The molecule has 1 amide bonds. The Balaban J connectivity index is 1.64. The number of carbonyl (C=O) groups is 3. The first kappa shape index (κ1) is 19.6. The van der Waals surface area contributed by atoms with E-state index in [1.807, 2.05) is 19.1 Å². The minimum Gasteiger partial charge on any atom is -0.497 e. The normalized spacial score (nSPS) is 17.3. The number of hydrogen-bond donors (Lipinski definition) is 0. The summed E-state index contributed by atoms with van der Waals surface area (Å²) >= 11 is 0. The van der Waals surface area contributed by atoms with Crippen LogP contribution in [0.4, 0.5) is 5.69 Å². The van der Waals surface area contributed by atoms with E-state index in [-0.39, 0.29) is 24.7 Å². The van der Waals surface area contributed by atoms with E-state index in [1.54, 1.807) is 55.3 Å². The number of esters is 1. The van der Waals surface area contributed by atoms with E-state index >= 15 is 0 Å². The van der Waals surface area contributed by atoms with E-state index in [0.29, 0.717) is 17.0 Å². The second-order valence-corrected chi connectivity index (χ2v) is 6.92. The molecule has 0 bridgehead atoms. The van der Waals surface area contributed by atoms with Crippen LogP contribution in [-0.4, -0.2) is 37.4 Å². The van der Waals surface area contributed by atoms with Crippen LogP contribution in [0.5, 0.6) is 5.75 Å². The zero-order valence-electron chi connectivity index (χ0n) is 16.2. The van der Waals surface area contributed by atoms with Gasteiger partial charge < -0.3 is 14.4 Å². The van der Waals surface area contributed by atoms with Crippen molar-refractivity contribution in [3.8, 4) is 5.75 Å². The van der Waals surface area contributed by atoms with Crippen LogP contribution in [0.3, 0.4) is 0 Å². The maximum Gasteiger partial charge on any atom is 0.312 e. The lowest BCUT2D eigenvalue weighted by atomic mass is 10.1. The fourth-order valence-corrected chi connectivity index (χ4v) is 3.17. The molecule has 1 heterocycles. The van der Waals surface area contributed by atoms with Crippen LogP contribution in [0.1, 0.15) is 29.3 Å². The molecule has 0 N–H and O–H groups in total.